The Hall–Kier alpha value is -1.33. The molecule has 1 aliphatic rings. The van der Waals surface area contributed by atoms with Gasteiger partial charge < -0.3 is 4.90 Å². The quantitative estimate of drug-likeness (QED) is 0.479. The summed E-state index contributed by atoms with van der Waals surface area (Å²) < 4.78 is -1.41. The number of carbonyl (C=O) groups excluding carboxylic acids is 1. The largest absolute Gasteiger partial charge is 0.310 e. The van der Waals surface area contributed by atoms with Crippen LogP contribution in [0.25, 0.3) is 0 Å². The molecule has 0 bridgehead atoms. The molecule has 1 heterocycles. The molecule has 1 saturated heterocycles. The Morgan fingerprint density at radius 1 is 1.42 bits per heavy atom. The van der Waals surface area contributed by atoms with Crippen LogP contribution < -0.4 is 4.90 Å². The maximum absolute atomic E-state index is 12.1. The van der Waals surface area contributed by atoms with E-state index in [9.17, 15) is 14.9 Å². The van der Waals surface area contributed by atoms with Crippen LogP contribution in [0.2, 0.25) is 0 Å². The van der Waals surface area contributed by atoms with Crippen molar-refractivity contribution in [3.8, 4) is 0 Å². The highest BCUT2D eigenvalue weighted by Gasteiger charge is 2.41. The van der Waals surface area contributed by atoms with Crippen LogP contribution in [-0.2, 0) is 4.79 Å². The van der Waals surface area contributed by atoms with E-state index in [1.807, 2.05) is 0 Å². The van der Waals surface area contributed by atoms with Crippen LogP contribution in [-0.4, -0.2) is 21.7 Å². The predicted octanol–water partition coefficient (Wildman–Crippen LogP) is 3.20. The molecule has 0 saturated carbocycles. The number of rotatable bonds is 2. The first-order valence-electron chi connectivity index (χ1n) is 5.78. The maximum atomic E-state index is 12.1. The Kier molecular flexibility index (Phi) is 3.69. The molecular formula is C12H12Cl2N2O3. The normalized spacial score (nSPS) is 18.5. The summed E-state index contributed by atoms with van der Waals surface area (Å²) in [5.41, 5.74) is 1.25. The number of benzene rings is 1. The summed E-state index contributed by atoms with van der Waals surface area (Å²) >= 11 is 11.9. The molecule has 102 valence electrons. The Morgan fingerprint density at radius 3 is 2.68 bits per heavy atom. The molecule has 0 N–H and O–H groups in total. The van der Waals surface area contributed by atoms with Crippen LogP contribution in [0.3, 0.4) is 0 Å². The second-order valence-electron chi connectivity index (χ2n) is 4.49. The second-order valence-corrected chi connectivity index (χ2v) is 5.98. The van der Waals surface area contributed by atoms with E-state index in [1.54, 1.807) is 13.0 Å². The average Bonchev–Trinajstić information content (AvgIpc) is 2.33. The van der Waals surface area contributed by atoms with Crippen LogP contribution in [0.1, 0.15) is 18.4 Å². The molecule has 1 aromatic rings. The number of amides is 1. The second kappa shape index (κ2) is 4.98. The number of carbonyl (C=O) groups is 1. The standard InChI is InChI=1S/C12H12Cl2N2O3/c1-8-7-9(16(18)19)3-4-10(8)15-6-2-5-12(13,14)11(15)17/h3-4,7H,2,5-6H2,1H3. The van der Waals surface area contributed by atoms with Gasteiger partial charge in [-0.15, -0.1) is 0 Å². The molecule has 19 heavy (non-hydrogen) atoms. The molecule has 1 aromatic carbocycles. The van der Waals surface area contributed by atoms with Crippen molar-refractivity contribution in [2.75, 3.05) is 11.4 Å². The van der Waals surface area contributed by atoms with Crippen LogP contribution >= 0.6 is 23.2 Å². The molecule has 0 spiro atoms. The van der Waals surface area contributed by atoms with E-state index in [1.165, 1.54) is 17.0 Å². The third kappa shape index (κ3) is 2.67. The lowest BCUT2D eigenvalue weighted by Crippen LogP contribution is -2.47. The molecule has 0 aliphatic carbocycles. The van der Waals surface area contributed by atoms with E-state index in [-0.39, 0.29) is 11.6 Å². The van der Waals surface area contributed by atoms with Crippen molar-refractivity contribution >= 4 is 40.5 Å². The fourth-order valence-electron chi connectivity index (χ4n) is 2.15. The number of hydrogen-bond donors (Lipinski definition) is 0. The number of nitro groups is 1. The zero-order valence-electron chi connectivity index (χ0n) is 10.2. The molecular weight excluding hydrogens is 291 g/mol. The molecule has 2 rings (SSSR count). The number of non-ortho nitro benzene ring substituents is 1. The molecule has 0 atom stereocenters. The number of piperidine rings is 1. The smallest absolute Gasteiger partial charge is 0.269 e. The first kappa shape index (κ1) is 14.1. The summed E-state index contributed by atoms with van der Waals surface area (Å²) in [6, 6.07) is 4.36. The van der Waals surface area contributed by atoms with Crippen LogP contribution in [0.15, 0.2) is 18.2 Å². The van der Waals surface area contributed by atoms with Gasteiger partial charge in [0.15, 0.2) is 4.33 Å². The monoisotopic (exact) mass is 302 g/mol. The minimum absolute atomic E-state index is 0.00582. The van der Waals surface area contributed by atoms with Crippen molar-refractivity contribution in [3.05, 3.63) is 33.9 Å². The maximum Gasteiger partial charge on any atom is 0.269 e. The van der Waals surface area contributed by atoms with Crippen LogP contribution in [0, 0.1) is 17.0 Å². The zero-order chi connectivity index (χ0) is 14.2. The van der Waals surface area contributed by atoms with Gasteiger partial charge in [0.1, 0.15) is 0 Å². The number of nitro benzene ring substituents is 1. The molecule has 5 nitrogen and oxygen atoms in total. The minimum atomic E-state index is -1.41. The van der Waals surface area contributed by atoms with Crippen molar-refractivity contribution in [3.63, 3.8) is 0 Å². The number of halogens is 2. The van der Waals surface area contributed by atoms with Gasteiger partial charge >= 0.3 is 0 Å². The molecule has 1 amide bonds. The number of anilines is 1. The Morgan fingerprint density at radius 2 is 2.11 bits per heavy atom. The van der Waals surface area contributed by atoms with E-state index in [0.717, 1.165) is 0 Å². The Labute approximate surface area is 120 Å². The average molecular weight is 303 g/mol. The SMILES string of the molecule is Cc1cc([N+](=O)[O-])ccc1N1CCCC(Cl)(Cl)C1=O. The van der Waals surface area contributed by atoms with Crippen LogP contribution in [0.4, 0.5) is 11.4 Å². The number of nitrogens with zero attached hydrogens (tertiary/aromatic N) is 2. The molecule has 1 aliphatic heterocycles. The number of alkyl halides is 2. The fourth-order valence-corrected chi connectivity index (χ4v) is 2.62. The molecule has 0 aromatic heterocycles. The van der Waals surface area contributed by atoms with Crippen molar-refractivity contribution in [2.45, 2.75) is 24.1 Å². The van der Waals surface area contributed by atoms with Crippen molar-refractivity contribution in [2.24, 2.45) is 0 Å². The third-order valence-corrected chi connectivity index (χ3v) is 3.81. The molecule has 0 radical (unpaired) electrons. The van der Waals surface area contributed by atoms with Gasteiger partial charge in [-0.1, -0.05) is 23.2 Å². The van der Waals surface area contributed by atoms with Gasteiger partial charge in [-0.2, -0.15) is 0 Å². The zero-order valence-corrected chi connectivity index (χ0v) is 11.7. The van der Waals surface area contributed by atoms with Crippen molar-refractivity contribution in [1.29, 1.82) is 0 Å². The van der Waals surface area contributed by atoms with E-state index < -0.39 is 9.26 Å². The highest BCUT2D eigenvalue weighted by atomic mass is 35.5. The summed E-state index contributed by atoms with van der Waals surface area (Å²) in [5.74, 6) is -0.376. The first-order chi connectivity index (χ1) is 8.83. The van der Waals surface area contributed by atoms with Gasteiger partial charge in [0, 0.05) is 24.4 Å². The highest BCUT2D eigenvalue weighted by Crippen LogP contribution is 2.37. The van der Waals surface area contributed by atoms with Crippen molar-refractivity contribution in [1.82, 2.24) is 0 Å². The number of hydrogen-bond acceptors (Lipinski definition) is 3. The van der Waals surface area contributed by atoms with E-state index >= 15 is 0 Å². The lowest BCUT2D eigenvalue weighted by atomic mass is 10.1. The summed E-state index contributed by atoms with van der Waals surface area (Å²) in [6.45, 7) is 2.23. The van der Waals surface area contributed by atoms with Gasteiger partial charge in [-0.05, 0) is 31.4 Å². The minimum Gasteiger partial charge on any atom is -0.310 e. The predicted molar refractivity (Wildman–Crippen MR) is 73.9 cm³/mol. The lowest BCUT2D eigenvalue weighted by molar-refractivity contribution is -0.384. The van der Waals surface area contributed by atoms with Gasteiger partial charge in [-0.25, -0.2) is 0 Å². The lowest BCUT2D eigenvalue weighted by Gasteiger charge is -2.34. The van der Waals surface area contributed by atoms with E-state index in [0.29, 0.717) is 30.6 Å². The summed E-state index contributed by atoms with van der Waals surface area (Å²) in [4.78, 5) is 23.9. The van der Waals surface area contributed by atoms with Gasteiger partial charge in [-0.3, -0.25) is 14.9 Å². The topological polar surface area (TPSA) is 63.5 Å². The summed E-state index contributed by atoms with van der Waals surface area (Å²) in [7, 11) is 0. The molecule has 1 fully saturated rings. The highest BCUT2D eigenvalue weighted by molar-refractivity contribution is 6.59. The summed E-state index contributed by atoms with van der Waals surface area (Å²) in [6.07, 6.45) is 1.10. The van der Waals surface area contributed by atoms with E-state index in [2.05, 4.69) is 0 Å². The third-order valence-electron chi connectivity index (χ3n) is 3.11. The molecule has 0 unspecified atom stereocenters. The van der Waals surface area contributed by atoms with Crippen molar-refractivity contribution < 1.29 is 9.72 Å². The Bertz CT molecular complexity index is 546. The van der Waals surface area contributed by atoms with Gasteiger partial charge in [0.05, 0.1) is 4.92 Å². The van der Waals surface area contributed by atoms with Gasteiger partial charge in [0.25, 0.3) is 11.6 Å². The van der Waals surface area contributed by atoms with Gasteiger partial charge in [0.2, 0.25) is 0 Å². The number of aryl methyl sites for hydroxylation is 1. The fraction of sp³-hybridized carbons (Fsp3) is 0.417. The molecule has 7 heteroatoms. The first-order valence-corrected chi connectivity index (χ1v) is 6.53. The van der Waals surface area contributed by atoms with Crippen LogP contribution in [0.5, 0.6) is 0 Å². The Balaban J connectivity index is 2.37. The summed E-state index contributed by atoms with van der Waals surface area (Å²) in [5, 5.41) is 10.7. The van der Waals surface area contributed by atoms with E-state index in [4.69, 9.17) is 23.2 Å².